The van der Waals surface area contributed by atoms with Crippen LogP contribution in [0.1, 0.15) is 24.5 Å². The standard InChI is InChI=1S/C15H16FNO3/c1-10-6-7-14(20-10)11(2)17-15(18)9-19-13-5-3-4-12(16)8-13/h3-8,11H,9H2,1-2H3,(H,17,18). The molecule has 0 saturated heterocycles. The number of furan rings is 1. The lowest BCUT2D eigenvalue weighted by Crippen LogP contribution is -2.31. The zero-order valence-electron chi connectivity index (χ0n) is 11.4. The molecule has 2 rings (SSSR count). The molecule has 2 aromatic rings. The van der Waals surface area contributed by atoms with E-state index in [9.17, 15) is 9.18 Å². The summed E-state index contributed by atoms with van der Waals surface area (Å²) in [4.78, 5) is 11.7. The Labute approximate surface area is 116 Å². The van der Waals surface area contributed by atoms with Crippen LogP contribution >= 0.6 is 0 Å². The van der Waals surface area contributed by atoms with Crippen LogP contribution in [0.25, 0.3) is 0 Å². The van der Waals surface area contributed by atoms with Gasteiger partial charge in [0.25, 0.3) is 5.91 Å². The minimum Gasteiger partial charge on any atom is -0.484 e. The van der Waals surface area contributed by atoms with Gasteiger partial charge in [0, 0.05) is 6.07 Å². The molecule has 1 aromatic carbocycles. The lowest BCUT2D eigenvalue weighted by atomic mass is 10.2. The van der Waals surface area contributed by atoms with Gasteiger partial charge in [-0.15, -0.1) is 0 Å². The molecule has 1 N–H and O–H groups in total. The highest BCUT2D eigenvalue weighted by Gasteiger charge is 2.13. The molecule has 0 aliphatic heterocycles. The average molecular weight is 277 g/mol. The fraction of sp³-hybridized carbons (Fsp3) is 0.267. The first kappa shape index (κ1) is 14.1. The maximum Gasteiger partial charge on any atom is 0.258 e. The van der Waals surface area contributed by atoms with Crippen molar-refractivity contribution in [1.82, 2.24) is 5.32 Å². The first-order valence-corrected chi connectivity index (χ1v) is 6.28. The fourth-order valence-corrected chi connectivity index (χ4v) is 1.75. The summed E-state index contributed by atoms with van der Waals surface area (Å²) in [6, 6.07) is 9.06. The van der Waals surface area contributed by atoms with Gasteiger partial charge in [-0.3, -0.25) is 4.79 Å². The van der Waals surface area contributed by atoms with Crippen molar-refractivity contribution in [2.75, 3.05) is 6.61 Å². The van der Waals surface area contributed by atoms with Gasteiger partial charge in [-0.05, 0) is 38.1 Å². The van der Waals surface area contributed by atoms with Gasteiger partial charge in [0.2, 0.25) is 0 Å². The summed E-state index contributed by atoms with van der Waals surface area (Å²) in [6.07, 6.45) is 0. The number of rotatable bonds is 5. The van der Waals surface area contributed by atoms with Gasteiger partial charge in [0.15, 0.2) is 6.61 Å². The highest BCUT2D eigenvalue weighted by molar-refractivity contribution is 5.77. The first-order chi connectivity index (χ1) is 9.54. The topological polar surface area (TPSA) is 51.5 Å². The predicted octanol–water partition coefficient (Wildman–Crippen LogP) is 2.98. The van der Waals surface area contributed by atoms with Crippen molar-refractivity contribution in [1.29, 1.82) is 0 Å². The third-order valence-corrected chi connectivity index (χ3v) is 2.73. The minimum atomic E-state index is -0.401. The number of amides is 1. The van der Waals surface area contributed by atoms with E-state index >= 15 is 0 Å². The van der Waals surface area contributed by atoms with E-state index in [1.54, 1.807) is 6.07 Å². The summed E-state index contributed by atoms with van der Waals surface area (Å²) in [5.41, 5.74) is 0. The van der Waals surface area contributed by atoms with Gasteiger partial charge in [0.1, 0.15) is 23.1 Å². The summed E-state index contributed by atoms with van der Waals surface area (Å²) >= 11 is 0. The third kappa shape index (κ3) is 3.85. The molecule has 0 fully saturated rings. The van der Waals surface area contributed by atoms with Gasteiger partial charge in [0.05, 0.1) is 6.04 Å². The van der Waals surface area contributed by atoms with Crippen LogP contribution < -0.4 is 10.1 Å². The molecule has 20 heavy (non-hydrogen) atoms. The number of hydrogen-bond acceptors (Lipinski definition) is 3. The van der Waals surface area contributed by atoms with Crippen molar-refractivity contribution in [3.8, 4) is 5.75 Å². The molecule has 1 unspecified atom stereocenters. The van der Waals surface area contributed by atoms with E-state index in [0.717, 1.165) is 5.76 Å². The zero-order valence-corrected chi connectivity index (χ0v) is 11.4. The normalized spacial score (nSPS) is 11.9. The minimum absolute atomic E-state index is 0.173. The summed E-state index contributed by atoms with van der Waals surface area (Å²) in [6.45, 7) is 3.48. The third-order valence-electron chi connectivity index (χ3n) is 2.73. The van der Waals surface area contributed by atoms with E-state index in [2.05, 4.69) is 5.32 Å². The Morgan fingerprint density at radius 2 is 2.20 bits per heavy atom. The van der Waals surface area contributed by atoms with Crippen molar-refractivity contribution >= 4 is 5.91 Å². The zero-order chi connectivity index (χ0) is 14.5. The van der Waals surface area contributed by atoms with Gasteiger partial charge < -0.3 is 14.5 Å². The molecule has 4 nitrogen and oxygen atoms in total. The van der Waals surface area contributed by atoms with E-state index in [1.165, 1.54) is 18.2 Å². The number of hydrogen-bond donors (Lipinski definition) is 1. The van der Waals surface area contributed by atoms with E-state index in [0.29, 0.717) is 11.5 Å². The number of aryl methyl sites for hydroxylation is 1. The molecule has 0 radical (unpaired) electrons. The molecule has 1 amide bonds. The van der Waals surface area contributed by atoms with E-state index < -0.39 is 5.82 Å². The summed E-state index contributed by atoms with van der Waals surface area (Å²) in [7, 11) is 0. The number of nitrogens with one attached hydrogen (secondary N) is 1. The molecule has 106 valence electrons. The molecule has 0 bridgehead atoms. The Balaban J connectivity index is 1.83. The molecule has 0 aliphatic carbocycles. The van der Waals surface area contributed by atoms with Gasteiger partial charge in [-0.25, -0.2) is 4.39 Å². The highest BCUT2D eigenvalue weighted by atomic mass is 19.1. The Bertz CT molecular complexity index is 594. The van der Waals surface area contributed by atoms with Crippen LogP contribution in [0.2, 0.25) is 0 Å². The lowest BCUT2D eigenvalue weighted by molar-refractivity contribution is -0.123. The average Bonchev–Trinajstić information content (AvgIpc) is 2.83. The van der Waals surface area contributed by atoms with Crippen molar-refractivity contribution in [2.45, 2.75) is 19.9 Å². The second-order valence-electron chi connectivity index (χ2n) is 4.48. The smallest absolute Gasteiger partial charge is 0.258 e. The van der Waals surface area contributed by atoms with Gasteiger partial charge in [-0.1, -0.05) is 6.07 Å². The van der Waals surface area contributed by atoms with E-state index in [-0.39, 0.29) is 18.6 Å². The molecule has 0 saturated carbocycles. The number of carbonyl (C=O) groups excluding carboxylic acids is 1. The van der Waals surface area contributed by atoms with Crippen LogP contribution in [0.15, 0.2) is 40.8 Å². The van der Waals surface area contributed by atoms with Crippen LogP contribution in [0, 0.1) is 12.7 Å². The maximum absolute atomic E-state index is 12.9. The maximum atomic E-state index is 12.9. The molecule has 5 heteroatoms. The van der Waals surface area contributed by atoms with E-state index in [1.807, 2.05) is 26.0 Å². The van der Waals surface area contributed by atoms with Crippen LogP contribution in [-0.2, 0) is 4.79 Å². The van der Waals surface area contributed by atoms with Gasteiger partial charge >= 0.3 is 0 Å². The van der Waals surface area contributed by atoms with Crippen LogP contribution in [-0.4, -0.2) is 12.5 Å². The largest absolute Gasteiger partial charge is 0.484 e. The Hall–Kier alpha value is -2.30. The fourth-order valence-electron chi connectivity index (χ4n) is 1.75. The molecule has 1 heterocycles. The monoisotopic (exact) mass is 277 g/mol. The van der Waals surface area contributed by atoms with Crippen LogP contribution in [0.5, 0.6) is 5.75 Å². The number of benzene rings is 1. The Kier molecular flexibility index (Phi) is 4.40. The Morgan fingerprint density at radius 1 is 1.40 bits per heavy atom. The second-order valence-corrected chi connectivity index (χ2v) is 4.48. The van der Waals surface area contributed by atoms with Crippen LogP contribution in [0.4, 0.5) is 4.39 Å². The van der Waals surface area contributed by atoms with Crippen molar-refractivity contribution < 1.29 is 18.3 Å². The van der Waals surface area contributed by atoms with Crippen molar-refractivity contribution in [3.63, 3.8) is 0 Å². The number of halogens is 1. The predicted molar refractivity (Wildman–Crippen MR) is 71.9 cm³/mol. The lowest BCUT2D eigenvalue weighted by Gasteiger charge is -2.12. The number of ether oxygens (including phenoxy) is 1. The molecular formula is C15H16FNO3. The summed E-state index contributed by atoms with van der Waals surface area (Å²) in [5.74, 6) is 1.10. The Morgan fingerprint density at radius 3 is 2.85 bits per heavy atom. The first-order valence-electron chi connectivity index (χ1n) is 6.28. The van der Waals surface area contributed by atoms with Crippen molar-refractivity contribution in [3.05, 3.63) is 53.7 Å². The quantitative estimate of drug-likeness (QED) is 0.914. The molecule has 0 spiro atoms. The summed E-state index contributed by atoms with van der Waals surface area (Å²) in [5, 5.41) is 2.74. The van der Waals surface area contributed by atoms with Crippen LogP contribution in [0.3, 0.4) is 0 Å². The van der Waals surface area contributed by atoms with E-state index in [4.69, 9.17) is 9.15 Å². The molecule has 1 atom stereocenters. The second kappa shape index (κ2) is 6.23. The summed E-state index contributed by atoms with van der Waals surface area (Å²) < 4.78 is 23.6. The highest BCUT2D eigenvalue weighted by Crippen LogP contribution is 2.15. The molecular weight excluding hydrogens is 261 g/mol. The number of carbonyl (C=O) groups is 1. The van der Waals surface area contributed by atoms with Crippen molar-refractivity contribution in [2.24, 2.45) is 0 Å². The van der Waals surface area contributed by atoms with Gasteiger partial charge in [-0.2, -0.15) is 0 Å². The SMILES string of the molecule is Cc1ccc(C(C)NC(=O)COc2cccc(F)c2)o1. The molecule has 0 aliphatic rings. The molecule has 1 aromatic heterocycles.